The molecule has 0 saturated heterocycles. The molecule has 5 heteroatoms. The van der Waals surface area contributed by atoms with Crippen molar-refractivity contribution in [2.45, 2.75) is 44.9 Å². The van der Waals surface area contributed by atoms with Gasteiger partial charge < -0.3 is 0 Å². The number of rotatable bonds is 4. The first kappa shape index (κ1) is 15.5. The van der Waals surface area contributed by atoms with Crippen LogP contribution in [-0.4, -0.2) is 5.78 Å². The Morgan fingerprint density at radius 1 is 0.957 bits per heavy atom. The molecule has 4 aliphatic carbocycles. The second-order valence-corrected chi connectivity index (χ2v) is 7.68. The summed E-state index contributed by atoms with van der Waals surface area (Å²) in [6.45, 7) is 0. The maximum Gasteiger partial charge on any atom is 0.179 e. The van der Waals surface area contributed by atoms with E-state index in [0.29, 0.717) is 17.8 Å². The summed E-state index contributed by atoms with van der Waals surface area (Å²) >= 11 is 0. The van der Waals surface area contributed by atoms with Gasteiger partial charge in [-0.1, -0.05) is 0 Å². The van der Waals surface area contributed by atoms with E-state index in [1.165, 1.54) is 19.3 Å². The fraction of sp³-hybridized carbons (Fsp3) is 0.722. The van der Waals surface area contributed by atoms with Gasteiger partial charge in [-0.2, -0.15) is 21.0 Å². The first-order valence-corrected chi connectivity index (χ1v) is 8.16. The molecule has 0 spiro atoms. The van der Waals surface area contributed by atoms with Gasteiger partial charge in [0.2, 0.25) is 0 Å². The lowest BCUT2D eigenvalue weighted by molar-refractivity contribution is -0.145. The van der Waals surface area contributed by atoms with Crippen LogP contribution in [0, 0.1) is 79.8 Å². The van der Waals surface area contributed by atoms with Crippen LogP contribution in [-0.2, 0) is 4.79 Å². The number of nitrogens with zero attached hydrogens (tertiary/aromatic N) is 4. The number of Topliss-reactive ketones (excluding diaryl/α,β-unsaturated/α-hetero) is 1. The largest absolute Gasteiger partial charge is 0.299 e. The third kappa shape index (κ3) is 2.29. The smallest absolute Gasteiger partial charge is 0.179 e. The molecular weight excluding hydrogens is 288 g/mol. The normalized spacial score (nSPS) is 34.2. The van der Waals surface area contributed by atoms with Crippen molar-refractivity contribution in [3.8, 4) is 24.3 Å². The summed E-state index contributed by atoms with van der Waals surface area (Å²) in [4.78, 5) is 13.0. The van der Waals surface area contributed by atoms with Gasteiger partial charge in [0.1, 0.15) is 5.78 Å². The van der Waals surface area contributed by atoms with Gasteiger partial charge in [-0.15, -0.1) is 0 Å². The van der Waals surface area contributed by atoms with Crippen LogP contribution < -0.4 is 0 Å². The second-order valence-electron chi connectivity index (χ2n) is 7.68. The molecule has 0 N–H and O–H groups in total. The van der Waals surface area contributed by atoms with Gasteiger partial charge >= 0.3 is 0 Å². The molecule has 0 radical (unpaired) electrons. The van der Waals surface area contributed by atoms with Crippen LogP contribution in [0.25, 0.3) is 0 Å². The van der Waals surface area contributed by atoms with E-state index in [-0.39, 0.29) is 12.2 Å². The average molecular weight is 306 g/mol. The lowest BCUT2D eigenvalue weighted by Crippen LogP contribution is -2.51. The highest BCUT2D eigenvalue weighted by Gasteiger charge is 2.56. The zero-order valence-corrected chi connectivity index (χ0v) is 13.0. The fourth-order valence-corrected chi connectivity index (χ4v) is 5.48. The van der Waals surface area contributed by atoms with E-state index in [9.17, 15) is 15.3 Å². The molecular formula is C18H18N4O. The Labute approximate surface area is 136 Å². The lowest BCUT2D eigenvalue weighted by Gasteiger charge is -2.56. The highest BCUT2D eigenvalue weighted by Crippen LogP contribution is 2.61. The summed E-state index contributed by atoms with van der Waals surface area (Å²) in [5, 5.41) is 37.0. The van der Waals surface area contributed by atoms with Crippen LogP contribution in [0.5, 0.6) is 0 Å². The Bertz CT molecular complexity index is 633. The van der Waals surface area contributed by atoms with Crippen molar-refractivity contribution in [1.82, 2.24) is 0 Å². The summed E-state index contributed by atoms with van der Waals surface area (Å²) in [5.74, 6) is 0.301. The van der Waals surface area contributed by atoms with Gasteiger partial charge in [0, 0.05) is 11.8 Å². The molecule has 0 atom stereocenters. The SMILES string of the molecule is N#CC(C#N)C(C#N)(C#N)CC(=O)C12CC3CC(CC(C3)C1)C2. The fourth-order valence-electron chi connectivity index (χ4n) is 5.48. The van der Waals surface area contributed by atoms with Crippen molar-refractivity contribution < 1.29 is 4.79 Å². The molecule has 4 saturated carbocycles. The molecule has 0 aromatic heterocycles. The van der Waals surface area contributed by atoms with E-state index in [0.717, 1.165) is 19.3 Å². The van der Waals surface area contributed by atoms with Gasteiger partial charge in [0.25, 0.3) is 0 Å². The number of carbonyl (C=O) groups excluding carboxylic acids is 1. The van der Waals surface area contributed by atoms with E-state index in [1.807, 2.05) is 0 Å². The van der Waals surface area contributed by atoms with Crippen molar-refractivity contribution in [3.05, 3.63) is 0 Å². The maximum absolute atomic E-state index is 13.0. The highest BCUT2D eigenvalue weighted by atomic mass is 16.1. The van der Waals surface area contributed by atoms with Crippen LogP contribution in [0.3, 0.4) is 0 Å². The Balaban J connectivity index is 1.87. The molecule has 0 aromatic carbocycles. The molecule has 0 heterocycles. The maximum atomic E-state index is 13.0. The third-order valence-electron chi connectivity index (χ3n) is 6.22. The molecule has 0 aromatic rings. The molecule has 23 heavy (non-hydrogen) atoms. The van der Waals surface area contributed by atoms with E-state index in [4.69, 9.17) is 10.5 Å². The molecule has 5 nitrogen and oxygen atoms in total. The van der Waals surface area contributed by atoms with Crippen LogP contribution in [0.15, 0.2) is 0 Å². The second kappa shape index (κ2) is 5.37. The van der Waals surface area contributed by atoms with Crippen molar-refractivity contribution in [2.24, 2.45) is 34.5 Å². The van der Waals surface area contributed by atoms with Crippen molar-refractivity contribution in [1.29, 1.82) is 21.0 Å². The molecule has 4 rings (SSSR count). The van der Waals surface area contributed by atoms with E-state index in [2.05, 4.69) is 0 Å². The van der Waals surface area contributed by atoms with Gasteiger partial charge in [-0.3, -0.25) is 4.79 Å². The van der Waals surface area contributed by atoms with Gasteiger partial charge in [-0.05, 0) is 56.3 Å². The van der Waals surface area contributed by atoms with Crippen molar-refractivity contribution >= 4 is 5.78 Å². The zero-order valence-electron chi connectivity index (χ0n) is 13.0. The van der Waals surface area contributed by atoms with E-state index in [1.54, 1.807) is 24.3 Å². The zero-order chi connectivity index (χ0) is 16.7. The molecule has 4 aliphatic rings. The van der Waals surface area contributed by atoms with E-state index < -0.39 is 16.7 Å². The lowest BCUT2D eigenvalue weighted by atomic mass is 9.47. The van der Waals surface area contributed by atoms with Gasteiger partial charge in [0.15, 0.2) is 11.3 Å². The Morgan fingerprint density at radius 3 is 1.74 bits per heavy atom. The summed E-state index contributed by atoms with van der Waals surface area (Å²) in [6, 6.07) is 7.04. The minimum Gasteiger partial charge on any atom is -0.299 e. The summed E-state index contributed by atoms with van der Waals surface area (Å²) in [7, 11) is 0. The van der Waals surface area contributed by atoms with Crippen LogP contribution in [0.2, 0.25) is 0 Å². The summed E-state index contributed by atoms with van der Waals surface area (Å²) in [6.07, 6.45) is 5.88. The average Bonchev–Trinajstić information content (AvgIpc) is 2.53. The van der Waals surface area contributed by atoms with Crippen molar-refractivity contribution in [2.75, 3.05) is 0 Å². The first-order valence-electron chi connectivity index (χ1n) is 8.16. The van der Waals surface area contributed by atoms with Crippen LogP contribution in [0.1, 0.15) is 44.9 Å². The Hall–Kier alpha value is -2.37. The number of hydrogen-bond acceptors (Lipinski definition) is 5. The molecule has 4 fully saturated rings. The monoisotopic (exact) mass is 306 g/mol. The Kier molecular flexibility index (Phi) is 3.62. The highest BCUT2D eigenvalue weighted by molar-refractivity contribution is 5.87. The molecule has 0 unspecified atom stereocenters. The van der Waals surface area contributed by atoms with Gasteiger partial charge in [-0.25, -0.2) is 0 Å². The molecule has 116 valence electrons. The molecule has 4 bridgehead atoms. The molecule has 0 amide bonds. The number of ketones is 1. The predicted molar refractivity (Wildman–Crippen MR) is 78.6 cm³/mol. The summed E-state index contributed by atoms with van der Waals surface area (Å²) in [5.41, 5.74) is -2.26. The standard InChI is InChI=1S/C18H18N4O/c19-8-15(9-20)18(10-21,11-22)7-16(23)17-4-12-1-13(5-17)3-14(2-12)6-17/h12-15H,1-7H2. The minimum absolute atomic E-state index is 0.0739. The number of carbonyl (C=O) groups is 1. The van der Waals surface area contributed by atoms with E-state index >= 15 is 0 Å². The third-order valence-corrected chi connectivity index (χ3v) is 6.22. The first-order chi connectivity index (χ1) is 11.0. The Morgan fingerprint density at radius 2 is 1.39 bits per heavy atom. The molecule has 0 aliphatic heterocycles. The minimum atomic E-state index is -1.84. The topological polar surface area (TPSA) is 112 Å². The number of hydrogen-bond donors (Lipinski definition) is 0. The number of nitriles is 4. The van der Waals surface area contributed by atoms with Crippen molar-refractivity contribution in [3.63, 3.8) is 0 Å². The predicted octanol–water partition coefficient (Wildman–Crippen LogP) is 2.86. The van der Waals surface area contributed by atoms with Gasteiger partial charge in [0.05, 0.1) is 24.3 Å². The van der Waals surface area contributed by atoms with Crippen LogP contribution >= 0.6 is 0 Å². The summed E-state index contributed by atoms with van der Waals surface area (Å²) < 4.78 is 0. The quantitative estimate of drug-likeness (QED) is 0.792. The van der Waals surface area contributed by atoms with Crippen LogP contribution in [0.4, 0.5) is 0 Å².